The molecule has 1 heterocycles. The van der Waals surface area contributed by atoms with Gasteiger partial charge in [0.25, 0.3) is 0 Å². The van der Waals surface area contributed by atoms with Gasteiger partial charge in [0.1, 0.15) is 0 Å². The average Bonchev–Trinajstić information content (AvgIpc) is 3.09. The normalized spacial score (nSPS) is 15.8. The Morgan fingerprint density at radius 3 is 2.41 bits per heavy atom. The van der Waals surface area contributed by atoms with Crippen LogP contribution in [0, 0.1) is 0 Å². The van der Waals surface area contributed by atoms with Crippen LogP contribution < -0.4 is 0 Å². The minimum absolute atomic E-state index is 0.00941. The van der Waals surface area contributed by atoms with Gasteiger partial charge in [-0.25, -0.2) is 5.06 Å². The van der Waals surface area contributed by atoms with Crippen LogP contribution >= 0.6 is 11.6 Å². The monoisotopic (exact) mass is 315 g/mol. The molecule has 0 spiro atoms. The molecular weight excluding hydrogens is 298 g/mol. The Labute approximate surface area is 135 Å². The van der Waals surface area contributed by atoms with Crippen LogP contribution in [-0.2, 0) is 9.63 Å². The molecule has 1 atom stereocenters. The summed E-state index contributed by atoms with van der Waals surface area (Å²) < 4.78 is 0. The van der Waals surface area contributed by atoms with Crippen LogP contribution in [0.3, 0.4) is 0 Å². The Balaban J connectivity index is 1.86. The first-order valence-electron chi connectivity index (χ1n) is 7.48. The van der Waals surface area contributed by atoms with E-state index in [1.54, 1.807) is 0 Å². The zero-order valence-corrected chi connectivity index (χ0v) is 13.0. The number of amides is 1. The molecule has 2 aromatic carbocycles. The number of nitrogens with zero attached hydrogens (tertiary/aromatic N) is 1. The first-order chi connectivity index (χ1) is 10.7. The fraction of sp³-hybridized carbons (Fsp3) is 0.278. The molecule has 1 amide bonds. The highest BCUT2D eigenvalue weighted by Gasteiger charge is 2.24. The maximum Gasteiger partial charge on any atom is 0.247 e. The second-order valence-electron chi connectivity index (χ2n) is 5.40. The molecular formula is C18H18ClNO2. The molecule has 3 rings (SSSR count). The average molecular weight is 316 g/mol. The molecule has 1 aliphatic rings. The first-order valence-corrected chi connectivity index (χ1v) is 7.85. The van der Waals surface area contributed by atoms with Crippen molar-refractivity contribution in [2.24, 2.45) is 0 Å². The lowest BCUT2D eigenvalue weighted by Gasteiger charge is -2.21. The van der Waals surface area contributed by atoms with Crippen LogP contribution in [0.15, 0.2) is 54.6 Å². The smallest absolute Gasteiger partial charge is 0.247 e. The Bertz CT molecular complexity index is 621. The molecule has 0 bridgehead atoms. The molecule has 0 aromatic heterocycles. The van der Waals surface area contributed by atoms with E-state index in [9.17, 15) is 4.79 Å². The van der Waals surface area contributed by atoms with Crippen LogP contribution in [-0.4, -0.2) is 24.1 Å². The highest BCUT2D eigenvalue weighted by atomic mass is 35.5. The summed E-state index contributed by atoms with van der Waals surface area (Å²) in [7, 11) is 0. The van der Waals surface area contributed by atoms with Crippen molar-refractivity contribution in [2.75, 3.05) is 13.2 Å². The largest absolute Gasteiger partial charge is 0.273 e. The number of benzene rings is 2. The Kier molecular flexibility index (Phi) is 4.76. The molecule has 2 aromatic rings. The second kappa shape index (κ2) is 6.95. The van der Waals surface area contributed by atoms with Gasteiger partial charge in [0, 0.05) is 17.4 Å². The van der Waals surface area contributed by atoms with Crippen molar-refractivity contribution in [1.29, 1.82) is 0 Å². The number of hydrogen-bond acceptors (Lipinski definition) is 2. The number of rotatable bonds is 4. The van der Waals surface area contributed by atoms with Gasteiger partial charge in [-0.15, -0.1) is 0 Å². The Morgan fingerprint density at radius 2 is 1.77 bits per heavy atom. The standard InChI is InChI=1S/C18H18ClNO2/c19-16-9-7-15(8-10-16)17(14-5-2-1-3-6-14)13-18(21)20-11-4-12-22-20/h1-3,5-10,17H,4,11-13H2/t17-/m1/s1. The van der Waals surface area contributed by atoms with Crippen LogP contribution in [0.5, 0.6) is 0 Å². The molecule has 0 aliphatic carbocycles. The topological polar surface area (TPSA) is 29.5 Å². The summed E-state index contributed by atoms with van der Waals surface area (Å²) in [6, 6.07) is 17.8. The maximum absolute atomic E-state index is 12.4. The predicted octanol–water partition coefficient (Wildman–Crippen LogP) is 4.03. The lowest BCUT2D eigenvalue weighted by molar-refractivity contribution is -0.168. The van der Waals surface area contributed by atoms with Crippen LogP contribution in [0.4, 0.5) is 0 Å². The molecule has 4 heteroatoms. The number of hydrogen-bond donors (Lipinski definition) is 0. The summed E-state index contributed by atoms with van der Waals surface area (Å²) in [5.74, 6) is 0.0384. The maximum atomic E-state index is 12.4. The van der Waals surface area contributed by atoms with E-state index in [-0.39, 0.29) is 11.8 Å². The highest BCUT2D eigenvalue weighted by molar-refractivity contribution is 6.30. The molecule has 1 fully saturated rings. The summed E-state index contributed by atoms with van der Waals surface area (Å²) in [4.78, 5) is 17.8. The summed E-state index contributed by atoms with van der Waals surface area (Å²) in [5, 5.41) is 2.19. The molecule has 0 N–H and O–H groups in total. The number of hydroxylamine groups is 2. The SMILES string of the molecule is O=C(C[C@H](c1ccccc1)c1ccc(Cl)cc1)N1CCCO1. The van der Waals surface area contributed by atoms with E-state index in [1.165, 1.54) is 5.06 Å². The lowest BCUT2D eigenvalue weighted by Crippen LogP contribution is -2.28. The Morgan fingerprint density at radius 1 is 1.09 bits per heavy atom. The van der Waals surface area contributed by atoms with Gasteiger partial charge < -0.3 is 0 Å². The summed E-state index contributed by atoms with van der Waals surface area (Å²) in [6.45, 7) is 1.31. The zero-order chi connectivity index (χ0) is 15.4. The molecule has 114 valence electrons. The second-order valence-corrected chi connectivity index (χ2v) is 5.84. The minimum Gasteiger partial charge on any atom is -0.273 e. The predicted molar refractivity (Wildman–Crippen MR) is 86.6 cm³/mol. The van der Waals surface area contributed by atoms with E-state index in [1.807, 2.05) is 42.5 Å². The van der Waals surface area contributed by atoms with E-state index in [2.05, 4.69) is 12.1 Å². The van der Waals surface area contributed by atoms with Crippen LogP contribution in [0.1, 0.15) is 29.9 Å². The fourth-order valence-electron chi connectivity index (χ4n) is 2.73. The summed E-state index contributed by atoms with van der Waals surface area (Å²) >= 11 is 5.98. The van der Waals surface area contributed by atoms with Gasteiger partial charge in [0.2, 0.25) is 5.91 Å². The highest BCUT2D eigenvalue weighted by Crippen LogP contribution is 2.30. The van der Waals surface area contributed by atoms with Gasteiger partial charge in [-0.3, -0.25) is 9.63 Å². The van der Waals surface area contributed by atoms with E-state index in [0.717, 1.165) is 17.5 Å². The van der Waals surface area contributed by atoms with Crippen molar-refractivity contribution in [1.82, 2.24) is 5.06 Å². The number of carbonyl (C=O) groups is 1. The first kappa shape index (κ1) is 15.1. The van der Waals surface area contributed by atoms with Gasteiger partial charge in [0.15, 0.2) is 0 Å². The van der Waals surface area contributed by atoms with Gasteiger partial charge in [-0.2, -0.15) is 0 Å². The number of halogens is 1. The van der Waals surface area contributed by atoms with E-state index >= 15 is 0 Å². The summed E-state index contributed by atoms with van der Waals surface area (Å²) in [6.07, 6.45) is 1.30. The van der Waals surface area contributed by atoms with E-state index in [4.69, 9.17) is 16.4 Å². The zero-order valence-electron chi connectivity index (χ0n) is 12.2. The van der Waals surface area contributed by atoms with Gasteiger partial charge in [-0.1, -0.05) is 54.1 Å². The number of carbonyl (C=O) groups excluding carboxylic acids is 1. The Hall–Kier alpha value is -1.84. The van der Waals surface area contributed by atoms with Crippen molar-refractivity contribution >= 4 is 17.5 Å². The third-order valence-corrected chi connectivity index (χ3v) is 4.14. The van der Waals surface area contributed by atoms with Crippen molar-refractivity contribution in [3.63, 3.8) is 0 Å². The fourth-order valence-corrected chi connectivity index (χ4v) is 2.86. The molecule has 1 aliphatic heterocycles. The molecule has 1 saturated heterocycles. The minimum atomic E-state index is 0.00941. The molecule has 0 radical (unpaired) electrons. The van der Waals surface area contributed by atoms with Gasteiger partial charge in [-0.05, 0) is 29.7 Å². The third-order valence-electron chi connectivity index (χ3n) is 3.88. The quantitative estimate of drug-likeness (QED) is 0.852. The lowest BCUT2D eigenvalue weighted by atomic mass is 9.88. The molecule has 0 unspecified atom stereocenters. The van der Waals surface area contributed by atoms with Crippen molar-refractivity contribution < 1.29 is 9.63 Å². The van der Waals surface area contributed by atoms with Crippen LogP contribution in [0.2, 0.25) is 5.02 Å². The summed E-state index contributed by atoms with van der Waals surface area (Å²) in [5.41, 5.74) is 2.21. The molecule has 0 saturated carbocycles. The van der Waals surface area contributed by atoms with Crippen molar-refractivity contribution in [2.45, 2.75) is 18.8 Å². The van der Waals surface area contributed by atoms with Crippen molar-refractivity contribution in [3.05, 3.63) is 70.7 Å². The van der Waals surface area contributed by atoms with Gasteiger partial charge >= 0.3 is 0 Å². The molecule has 3 nitrogen and oxygen atoms in total. The third kappa shape index (κ3) is 3.49. The van der Waals surface area contributed by atoms with Crippen LogP contribution in [0.25, 0.3) is 0 Å². The van der Waals surface area contributed by atoms with E-state index in [0.29, 0.717) is 24.6 Å². The van der Waals surface area contributed by atoms with Crippen molar-refractivity contribution in [3.8, 4) is 0 Å². The van der Waals surface area contributed by atoms with Gasteiger partial charge in [0.05, 0.1) is 13.2 Å². The van der Waals surface area contributed by atoms with E-state index < -0.39 is 0 Å². The molecule has 22 heavy (non-hydrogen) atoms.